The predicted molar refractivity (Wildman–Crippen MR) is 137 cm³/mol. The molecule has 2 atom stereocenters. The van der Waals surface area contributed by atoms with E-state index in [2.05, 4.69) is 15.2 Å². The summed E-state index contributed by atoms with van der Waals surface area (Å²) < 4.78 is 79.9. The minimum absolute atomic E-state index is 0.0247. The van der Waals surface area contributed by atoms with E-state index in [9.17, 15) is 36.3 Å². The van der Waals surface area contributed by atoms with Crippen LogP contribution in [-0.2, 0) is 26.1 Å². The Hall–Kier alpha value is -3.20. The van der Waals surface area contributed by atoms with Gasteiger partial charge in [0.1, 0.15) is 16.7 Å². The third-order valence-electron chi connectivity index (χ3n) is 6.77. The highest BCUT2D eigenvalue weighted by molar-refractivity contribution is 7.93. The Morgan fingerprint density at radius 3 is 2.52 bits per heavy atom. The number of benzene rings is 1. The normalized spacial score (nSPS) is 18.5. The van der Waals surface area contributed by atoms with E-state index >= 15 is 0 Å². The number of carboxylic acids is 1. The van der Waals surface area contributed by atoms with Gasteiger partial charge in [0.25, 0.3) is 10.0 Å². The molecule has 0 bridgehead atoms. The van der Waals surface area contributed by atoms with Gasteiger partial charge in [-0.3, -0.25) is 19.1 Å². The lowest BCUT2D eigenvalue weighted by molar-refractivity contribution is -0.242. The van der Waals surface area contributed by atoms with Crippen LogP contribution < -0.4 is 14.4 Å². The van der Waals surface area contributed by atoms with Crippen molar-refractivity contribution in [1.82, 2.24) is 9.78 Å². The van der Waals surface area contributed by atoms with Gasteiger partial charge in [-0.1, -0.05) is 11.6 Å². The number of nitrogens with zero attached hydrogens (tertiary/aromatic N) is 3. The molecule has 1 aromatic heterocycles. The Kier molecular flexibility index (Phi) is 7.93. The third-order valence-corrected chi connectivity index (χ3v) is 8.94. The SMILES string of the molecule is CCn1cc(S(=O)(=O)N2C[C@H](C[C@@H](C(=O)O)C3CC3)Oc3ccc(NC(=O)OC(C)(C)C(F)(F)F)cc32)c(Cl)n1. The Balaban J connectivity index is 1.68. The van der Waals surface area contributed by atoms with Gasteiger partial charge in [-0.25, -0.2) is 13.2 Å². The monoisotopic (exact) mass is 608 g/mol. The van der Waals surface area contributed by atoms with Crippen molar-refractivity contribution in [2.75, 3.05) is 16.2 Å². The summed E-state index contributed by atoms with van der Waals surface area (Å²) in [7, 11) is -4.38. The molecule has 220 valence electrons. The topological polar surface area (TPSA) is 140 Å². The standard InChI is InChI=1S/C24H28ClF3N4O7S/c1-4-31-12-19(20(25)30-31)40(36,37)32-11-15(10-16(21(33)34)13-5-6-13)38-18-8-7-14(9-17(18)32)29-22(35)39-23(2,3)24(26,27)28/h7-9,12-13,15-16H,4-6,10-11H2,1-3H3,(H,29,35)(H,33,34)/t15-,16+/m0/s1. The average Bonchev–Trinajstić information content (AvgIpc) is 3.61. The molecule has 0 spiro atoms. The minimum atomic E-state index is -4.83. The molecule has 16 heteroatoms. The quantitative estimate of drug-likeness (QED) is 0.410. The molecule has 0 saturated heterocycles. The molecule has 0 radical (unpaired) electrons. The zero-order valence-electron chi connectivity index (χ0n) is 21.7. The van der Waals surface area contributed by atoms with Crippen molar-refractivity contribution < 1.29 is 45.8 Å². The van der Waals surface area contributed by atoms with Gasteiger partial charge in [-0.05, 0) is 64.2 Å². The summed E-state index contributed by atoms with van der Waals surface area (Å²) in [5.41, 5.74) is -2.89. The van der Waals surface area contributed by atoms with Crippen molar-refractivity contribution in [2.24, 2.45) is 11.8 Å². The van der Waals surface area contributed by atoms with Crippen molar-refractivity contribution in [1.29, 1.82) is 0 Å². The highest BCUT2D eigenvalue weighted by Crippen LogP contribution is 2.44. The summed E-state index contributed by atoms with van der Waals surface area (Å²) in [5, 5.41) is 15.6. The number of nitrogens with one attached hydrogen (secondary N) is 1. The van der Waals surface area contributed by atoms with E-state index in [1.54, 1.807) is 6.92 Å². The summed E-state index contributed by atoms with van der Waals surface area (Å²) in [6, 6.07) is 3.84. The zero-order chi connectivity index (χ0) is 29.6. The maximum atomic E-state index is 13.8. The molecule has 1 aliphatic heterocycles. The van der Waals surface area contributed by atoms with E-state index in [-0.39, 0.29) is 46.1 Å². The Labute approximate surface area is 233 Å². The number of sulfonamides is 1. The molecule has 1 amide bonds. The van der Waals surface area contributed by atoms with Crippen LogP contribution in [0.5, 0.6) is 5.75 Å². The fourth-order valence-corrected chi connectivity index (χ4v) is 6.23. The van der Waals surface area contributed by atoms with Gasteiger partial charge in [0.05, 0.1) is 18.2 Å². The molecule has 0 unspecified atom stereocenters. The summed E-state index contributed by atoms with van der Waals surface area (Å²) in [5.74, 6) is -1.69. The number of anilines is 2. The van der Waals surface area contributed by atoms with Gasteiger partial charge < -0.3 is 14.6 Å². The molecule has 2 aromatic rings. The van der Waals surface area contributed by atoms with Crippen LogP contribution in [0.25, 0.3) is 0 Å². The Bertz CT molecular complexity index is 1410. The highest BCUT2D eigenvalue weighted by Gasteiger charge is 2.51. The van der Waals surface area contributed by atoms with Gasteiger partial charge in [0.15, 0.2) is 5.15 Å². The molecule has 1 aromatic carbocycles. The summed E-state index contributed by atoms with van der Waals surface area (Å²) in [6.45, 7) is 3.17. The number of alkyl halides is 3. The van der Waals surface area contributed by atoms with Gasteiger partial charge >= 0.3 is 18.2 Å². The van der Waals surface area contributed by atoms with E-state index in [1.807, 2.05) is 0 Å². The molecule has 1 aliphatic carbocycles. The molecule has 40 heavy (non-hydrogen) atoms. The number of carbonyl (C=O) groups is 2. The molecule has 2 heterocycles. The fourth-order valence-electron chi connectivity index (χ4n) is 4.28. The average molecular weight is 609 g/mol. The number of carbonyl (C=O) groups excluding carboxylic acids is 1. The van der Waals surface area contributed by atoms with Crippen molar-refractivity contribution >= 4 is 45.1 Å². The zero-order valence-corrected chi connectivity index (χ0v) is 23.3. The van der Waals surface area contributed by atoms with Crippen molar-refractivity contribution in [3.8, 4) is 5.75 Å². The van der Waals surface area contributed by atoms with Gasteiger partial charge in [0.2, 0.25) is 5.60 Å². The number of amides is 1. The molecule has 11 nitrogen and oxygen atoms in total. The first kappa shape index (κ1) is 29.8. The van der Waals surface area contributed by atoms with E-state index in [0.29, 0.717) is 20.4 Å². The number of carboxylic acid groups (broad SMARTS) is 1. The minimum Gasteiger partial charge on any atom is -0.486 e. The van der Waals surface area contributed by atoms with Crippen LogP contribution in [-0.4, -0.2) is 59.8 Å². The predicted octanol–water partition coefficient (Wildman–Crippen LogP) is 4.90. The second-order valence-corrected chi connectivity index (χ2v) is 12.3. The number of aliphatic carboxylic acids is 1. The smallest absolute Gasteiger partial charge is 0.427 e. The lowest BCUT2D eigenvalue weighted by atomic mass is 9.95. The number of hydrogen-bond acceptors (Lipinski definition) is 7. The Morgan fingerprint density at radius 1 is 1.30 bits per heavy atom. The number of halogens is 4. The van der Waals surface area contributed by atoms with Crippen LogP contribution in [0, 0.1) is 11.8 Å². The molecule has 2 N–H and O–H groups in total. The van der Waals surface area contributed by atoms with Crippen LogP contribution >= 0.6 is 11.6 Å². The number of aryl methyl sites for hydroxylation is 1. The lowest BCUT2D eigenvalue weighted by Crippen LogP contribution is -2.45. The largest absolute Gasteiger partial charge is 0.486 e. The first-order valence-electron chi connectivity index (χ1n) is 12.4. The van der Waals surface area contributed by atoms with Crippen molar-refractivity contribution in [3.63, 3.8) is 0 Å². The van der Waals surface area contributed by atoms with Crippen LogP contribution in [0.15, 0.2) is 29.3 Å². The molecule has 2 aliphatic rings. The van der Waals surface area contributed by atoms with E-state index in [4.69, 9.17) is 16.3 Å². The fraction of sp³-hybridized carbons (Fsp3) is 0.542. The summed E-state index contributed by atoms with van der Waals surface area (Å²) in [4.78, 5) is 23.8. The van der Waals surface area contributed by atoms with E-state index < -0.39 is 45.9 Å². The summed E-state index contributed by atoms with van der Waals surface area (Å²) in [6.07, 6.45) is -4.26. The molecule has 4 rings (SSSR count). The lowest BCUT2D eigenvalue weighted by Gasteiger charge is -2.36. The highest BCUT2D eigenvalue weighted by atomic mass is 35.5. The first-order chi connectivity index (χ1) is 18.5. The van der Waals surface area contributed by atoms with Crippen molar-refractivity contribution in [3.05, 3.63) is 29.5 Å². The van der Waals surface area contributed by atoms with Gasteiger partial charge in [-0.2, -0.15) is 18.3 Å². The number of fused-ring (bicyclic) bond motifs is 1. The third kappa shape index (κ3) is 6.09. The number of aromatic nitrogens is 2. The van der Waals surface area contributed by atoms with Gasteiger partial charge in [-0.15, -0.1) is 0 Å². The van der Waals surface area contributed by atoms with Crippen LogP contribution in [0.3, 0.4) is 0 Å². The second kappa shape index (κ2) is 10.7. The number of ether oxygens (including phenoxy) is 2. The second-order valence-electron chi connectivity index (χ2n) is 10.1. The number of rotatable bonds is 9. The first-order valence-corrected chi connectivity index (χ1v) is 14.2. The molecule has 1 saturated carbocycles. The molecule has 1 fully saturated rings. The number of hydrogen-bond donors (Lipinski definition) is 2. The van der Waals surface area contributed by atoms with Gasteiger partial charge in [0, 0.05) is 18.4 Å². The maximum Gasteiger partial charge on any atom is 0.427 e. The van der Waals surface area contributed by atoms with E-state index in [0.717, 1.165) is 17.1 Å². The summed E-state index contributed by atoms with van der Waals surface area (Å²) >= 11 is 6.15. The van der Waals surface area contributed by atoms with Crippen LogP contribution in [0.4, 0.5) is 29.3 Å². The van der Waals surface area contributed by atoms with Crippen molar-refractivity contribution in [2.45, 2.75) is 69.4 Å². The van der Waals surface area contributed by atoms with E-state index in [1.165, 1.54) is 29.1 Å². The van der Waals surface area contributed by atoms with Crippen LogP contribution in [0.1, 0.15) is 40.0 Å². The Morgan fingerprint density at radius 2 is 1.98 bits per heavy atom. The maximum absolute atomic E-state index is 13.8. The molecular formula is C24H28ClF3N4O7S. The molecular weight excluding hydrogens is 581 g/mol. The van der Waals surface area contributed by atoms with Crippen LogP contribution in [0.2, 0.25) is 5.15 Å².